The van der Waals surface area contributed by atoms with Crippen LogP contribution in [0.4, 0.5) is 0 Å². The van der Waals surface area contributed by atoms with E-state index < -0.39 is 26.8 Å². The quantitative estimate of drug-likeness (QED) is 0.797. The first-order chi connectivity index (χ1) is 11.3. The number of phenolic OH excluding ortho intramolecular Hbond substituents is 1. The lowest BCUT2D eigenvalue weighted by molar-refractivity contribution is -0.136. The van der Waals surface area contributed by atoms with Crippen molar-refractivity contribution < 1.29 is 23.1 Å². The maximum atomic E-state index is 12.6. The molecule has 25 heavy (non-hydrogen) atoms. The Labute approximate surface area is 150 Å². The van der Waals surface area contributed by atoms with Crippen LogP contribution < -0.4 is 0 Å². The molecule has 1 aromatic carbocycles. The van der Waals surface area contributed by atoms with E-state index in [0.29, 0.717) is 0 Å². The second kappa shape index (κ2) is 8.19. The lowest BCUT2D eigenvalue weighted by atomic mass is 10.0. The molecule has 0 saturated heterocycles. The number of hydrogen-bond acceptors (Lipinski definition) is 5. The molecule has 0 aliphatic heterocycles. The highest BCUT2D eigenvalue weighted by Gasteiger charge is 2.32. The monoisotopic (exact) mass is 371 g/mol. The Morgan fingerprint density at radius 2 is 1.68 bits per heavy atom. The number of aromatic hydroxyl groups is 1. The van der Waals surface area contributed by atoms with Crippen LogP contribution in [0.2, 0.25) is 0 Å². The van der Waals surface area contributed by atoms with Crippen molar-refractivity contribution in [1.82, 2.24) is 4.31 Å². The summed E-state index contributed by atoms with van der Waals surface area (Å²) in [5, 5.41) is 8.67. The van der Waals surface area contributed by atoms with Gasteiger partial charge in [-0.05, 0) is 58.2 Å². The first-order valence-electron chi connectivity index (χ1n) is 8.32. The van der Waals surface area contributed by atoms with Gasteiger partial charge >= 0.3 is 0 Å². The number of sulfonamides is 1. The highest BCUT2D eigenvalue weighted by molar-refractivity contribution is 7.90. The van der Waals surface area contributed by atoms with Gasteiger partial charge in [0.05, 0.1) is 10.9 Å². The van der Waals surface area contributed by atoms with Crippen LogP contribution in [0, 0.1) is 0 Å². The van der Waals surface area contributed by atoms with Gasteiger partial charge in [0, 0.05) is 6.54 Å². The third-order valence-electron chi connectivity index (χ3n) is 3.71. The second-order valence-corrected chi connectivity index (χ2v) is 9.83. The molecule has 0 aliphatic rings. The predicted molar refractivity (Wildman–Crippen MR) is 98.0 cm³/mol. The average Bonchev–Trinajstić information content (AvgIpc) is 2.49. The van der Waals surface area contributed by atoms with E-state index >= 15 is 0 Å². The van der Waals surface area contributed by atoms with Gasteiger partial charge in [0.2, 0.25) is 10.0 Å². The van der Waals surface area contributed by atoms with E-state index in [1.54, 1.807) is 46.8 Å². The van der Waals surface area contributed by atoms with Gasteiger partial charge in [-0.25, -0.2) is 12.7 Å². The summed E-state index contributed by atoms with van der Waals surface area (Å²) in [6.07, 6.45) is 0. The van der Waals surface area contributed by atoms with Gasteiger partial charge in [-0.15, -0.1) is 0 Å². The number of hydrogen-bond donors (Lipinski definition) is 1. The van der Waals surface area contributed by atoms with Crippen LogP contribution in [0.15, 0.2) is 24.3 Å². The second-order valence-electron chi connectivity index (χ2n) is 7.41. The minimum Gasteiger partial charge on any atom is -0.508 e. The molecule has 1 amide bonds. The number of phenols is 1. The summed E-state index contributed by atoms with van der Waals surface area (Å²) in [6.45, 7) is 10.1. The molecule has 0 aliphatic carbocycles. The third kappa shape index (κ3) is 6.32. The Morgan fingerprint density at radius 1 is 1.16 bits per heavy atom. The van der Waals surface area contributed by atoms with Crippen LogP contribution in [-0.2, 0) is 19.6 Å². The van der Waals surface area contributed by atoms with Gasteiger partial charge in [0.25, 0.3) is 5.91 Å². The molecular formula is C18H29NO5S. The van der Waals surface area contributed by atoms with Gasteiger partial charge in [-0.2, -0.15) is 0 Å². The summed E-state index contributed by atoms with van der Waals surface area (Å²) in [5.74, 6) is -0.653. The molecule has 0 saturated carbocycles. The van der Waals surface area contributed by atoms with Crippen molar-refractivity contribution >= 4 is 15.9 Å². The van der Waals surface area contributed by atoms with Crippen molar-refractivity contribution in [3.63, 3.8) is 0 Å². The van der Waals surface area contributed by atoms with E-state index in [1.165, 1.54) is 12.1 Å². The number of rotatable bonds is 7. The zero-order chi connectivity index (χ0) is 19.4. The van der Waals surface area contributed by atoms with Crippen LogP contribution in [0.5, 0.6) is 5.75 Å². The Bertz CT molecular complexity index is 674. The predicted octanol–water partition coefficient (Wildman–Crippen LogP) is 2.88. The standard InChI is InChI=1S/C18H29NO5S/c1-13(2)25(22,23)19(17(21)12-24-18(4,5)6)11-14(3)15-7-9-16(20)10-8-15/h7-10,13-14,20H,11-12H2,1-6H3. The van der Waals surface area contributed by atoms with E-state index in [-0.39, 0.29) is 24.8 Å². The topological polar surface area (TPSA) is 83.9 Å². The highest BCUT2D eigenvalue weighted by atomic mass is 32.2. The molecule has 1 N–H and O–H groups in total. The normalized spacial score (nSPS) is 13.7. The smallest absolute Gasteiger partial charge is 0.262 e. The average molecular weight is 371 g/mol. The molecule has 0 fully saturated rings. The zero-order valence-corrected chi connectivity index (χ0v) is 16.6. The highest BCUT2D eigenvalue weighted by Crippen LogP contribution is 2.22. The van der Waals surface area contributed by atoms with E-state index in [2.05, 4.69) is 0 Å². The Morgan fingerprint density at radius 3 is 2.12 bits per heavy atom. The third-order valence-corrected chi connectivity index (χ3v) is 5.87. The summed E-state index contributed by atoms with van der Waals surface area (Å²) in [7, 11) is -3.76. The Balaban J connectivity index is 3.02. The lowest BCUT2D eigenvalue weighted by Crippen LogP contribution is -2.45. The van der Waals surface area contributed by atoms with Gasteiger partial charge in [-0.1, -0.05) is 19.1 Å². The molecule has 1 unspecified atom stereocenters. The van der Waals surface area contributed by atoms with Gasteiger partial charge in [0.1, 0.15) is 12.4 Å². The SMILES string of the molecule is CC(CN(C(=O)COC(C)(C)C)S(=O)(=O)C(C)C)c1ccc(O)cc1. The van der Waals surface area contributed by atoms with Crippen molar-refractivity contribution in [3.8, 4) is 5.75 Å². The maximum Gasteiger partial charge on any atom is 0.262 e. The molecule has 0 spiro atoms. The van der Waals surface area contributed by atoms with Crippen LogP contribution in [-0.4, -0.2) is 47.7 Å². The lowest BCUT2D eigenvalue weighted by Gasteiger charge is -2.29. The van der Waals surface area contributed by atoms with Gasteiger partial charge < -0.3 is 9.84 Å². The van der Waals surface area contributed by atoms with Crippen LogP contribution in [0.3, 0.4) is 0 Å². The van der Waals surface area contributed by atoms with E-state index in [1.807, 2.05) is 6.92 Å². The molecule has 142 valence electrons. The fourth-order valence-corrected chi connectivity index (χ4v) is 3.39. The molecule has 0 heterocycles. The molecule has 1 rings (SSSR count). The molecule has 1 atom stereocenters. The van der Waals surface area contributed by atoms with E-state index in [9.17, 15) is 18.3 Å². The van der Waals surface area contributed by atoms with Crippen molar-refractivity contribution in [2.75, 3.05) is 13.2 Å². The van der Waals surface area contributed by atoms with Crippen molar-refractivity contribution in [2.24, 2.45) is 0 Å². The number of ether oxygens (including phenoxy) is 1. The molecule has 7 heteroatoms. The molecule has 0 radical (unpaired) electrons. The van der Waals surface area contributed by atoms with Crippen LogP contribution in [0.1, 0.15) is 53.0 Å². The number of amides is 1. The summed E-state index contributed by atoms with van der Waals surface area (Å²) in [4.78, 5) is 12.5. The van der Waals surface area contributed by atoms with E-state index in [4.69, 9.17) is 4.74 Å². The van der Waals surface area contributed by atoms with Crippen molar-refractivity contribution in [1.29, 1.82) is 0 Å². The first kappa shape index (κ1) is 21.4. The van der Waals surface area contributed by atoms with Crippen LogP contribution in [0.25, 0.3) is 0 Å². The summed E-state index contributed by atoms with van der Waals surface area (Å²) < 4.78 is 31.6. The fraction of sp³-hybridized carbons (Fsp3) is 0.611. The summed E-state index contributed by atoms with van der Waals surface area (Å²) >= 11 is 0. The Hall–Kier alpha value is -1.60. The van der Waals surface area contributed by atoms with Gasteiger partial charge in [-0.3, -0.25) is 4.79 Å². The molecule has 1 aromatic rings. The van der Waals surface area contributed by atoms with Crippen LogP contribution >= 0.6 is 0 Å². The minimum atomic E-state index is -3.76. The van der Waals surface area contributed by atoms with Crippen molar-refractivity contribution in [3.05, 3.63) is 29.8 Å². The van der Waals surface area contributed by atoms with E-state index in [0.717, 1.165) is 9.87 Å². The molecule has 0 bridgehead atoms. The summed E-state index contributed by atoms with van der Waals surface area (Å²) in [6, 6.07) is 6.52. The number of carbonyl (C=O) groups is 1. The minimum absolute atomic E-state index is 0.0254. The number of carbonyl (C=O) groups excluding carboxylic acids is 1. The fourth-order valence-electron chi connectivity index (χ4n) is 2.11. The van der Waals surface area contributed by atoms with Gasteiger partial charge in [0.15, 0.2) is 0 Å². The van der Waals surface area contributed by atoms with Crippen molar-refractivity contribution in [2.45, 2.75) is 58.3 Å². The first-order valence-corrected chi connectivity index (χ1v) is 9.82. The Kier molecular flexibility index (Phi) is 7.02. The number of benzene rings is 1. The summed E-state index contributed by atoms with van der Waals surface area (Å²) in [5.41, 5.74) is 0.303. The maximum absolute atomic E-state index is 12.6. The molecule has 0 aromatic heterocycles. The molecular weight excluding hydrogens is 342 g/mol. The molecule has 6 nitrogen and oxygen atoms in total. The largest absolute Gasteiger partial charge is 0.508 e. The zero-order valence-electron chi connectivity index (χ0n) is 15.8. The number of nitrogens with zero attached hydrogens (tertiary/aromatic N) is 1.